The molecule has 162 valence electrons. The highest BCUT2D eigenvalue weighted by atomic mass is 19.4. The van der Waals surface area contributed by atoms with E-state index in [-0.39, 0.29) is 6.54 Å². The predicted molar refractivity (Wildman–Crippen MR) is 111 cm³/mol. The van der Waals surface area contributed by atoms with E-state index in [9.17, 15) is 22.8 Å². The largest absolute Gasteiger partial charge is 0.419 e. The maximum atomic E-state index is 12.8. The smallest absolute Gasteiger partial charge is 0.324 e. The summed E-state index contributed by atoms with van der Waals surface area (Å²) in [7, 11) is 0. The van der Waals surface area contributed by atoms with Crippen LogP contribution in [0.15, 0.2) is 83.9 Å². The fraction of sp³-hybridized carbons (Fsp3) is 0.0909. The van der Waals surface area contributed by atoms with Crippen molar-refractivity contribution in [3.8, 4) is 16.9 Å². The molecule has 0 unspecified atom stereocenters. The molecule has 0 aliphatic carbocycles. The van der Waals surface area contributed by atoms with Crippen molar-refractivity contribution in [2.75, 3.05) is 5.32 Å². The molecule has 0 saturated heterocycles. The van der Waals surface area contributed by atoms with Crippen LogP contribution in [0.5, 0.6) is 0 Å². The Kier molecular flexibility index (Phi) is 5.59. The second-order valence-electron chi connectivity index (χ2n) is 6.85. The normalized spacial score (nSPS) is 11.3. The van der Waals surface area contributed by atoms with Crippen molar-refractivity contribution in [2.45, 2.75) is 12.7 Å². The first-order valence-corrected chi connectivity index (χ1v) is 9.45. The van der Waals surface area contributed by atoms with Crippen LogP contribution in [0.4, 0.5) is 18.9 Å². The maximum absolute atomic E-state index is 12.8. The monoisotopic (exact) mass is 439 g/mol. The van der Waals surface area contributed by atoms with E-state index in [0.29, 0.717) is 17.1 Å². The van der Waals surface area contributed by atoms with Crippen molar-refractivity contribution in [3.63, 3.8) is 0 Å². The predicted octanol–water partition coefficient (Wildman–Crippen LogP) is 3.75. The van der Waals surface area contributed by atoms with Crippen molar-refractivity contribution in [1.29, 1.82) is 0 Å². The number of carbonyl (C=O) groups excluding carboxylic acids is 1. The van der Waals surface area contributed by atoms with Gasteiger partial charge in [-0.05, 0) is 24.3 Å². The quantitative estimate of drug-likeness (QED) is 0.514. The third-order valence-corrected chi connectivity index (χ3v) is 4.53. The highest BCUT2D eigenvalue weighted by Crippen LogP contribution is 2.29. The van der Waals surface area contributed by atoms with Gasteiger partial charge in [-0.1, -0.05) is 36.4 Å². The molecular formula is C22H16F3N5O2. The first-order valence-electron chi connectivity index (χ1n) is 9.45. The fourth-order valence-corrected chi connectivity index (χ4v) is 3.00. The van der Waals surface area contributed by atoms with Crippen LogP contribution in [0, 0.1) is 0 Å². The van der Waals surface area contributed by atoms with E-state index >= 15 is 0 Å². The molecule has 0 spiro atoms. The zero-order valence-corrected chi connectivity index (χ0v) is 16.5. The molecule has 0 atom stereocenters. The fourth-order valence-electron chi connectivity index (χ4n) is 3.00. The molecule has 7 nitrogen and oxygen atoms in total. The molecule has 2 aromatic heterocycles. The lowest BCUT2D eigenvalue weighted by Crippen LogP contribution is -2.29. The lowest BCUT2D eigenvalue weighted by atomic mass is 10.1. The van der Waals surface area contributed by atoms with Gasteiger partial charge < -0.3 is 5.32 Å². The number of anilines is 1. The summed E-state index contributed by atoms with van der Waals surface area (Å²) in [5.41, 5.74) is 0.690. The van der Waals surface area contributed by atoms with E-state index in [0.717, 1.165) is 27.3 Å². The molecule has 0 aliphatic rings. The van der Waals surface area contributed by atoms with Crippen LogP contribution in [0.3, 0.4) is 0 Å². The average molecular weight is 439 g/mol. The maximum Gasteiger partial charge on any atom is 0.419 e. The molecule has 0 fully saturated rings. The van der Waals surface area contributed by atoms with Crippen molar-refractivity contribution >= 4 is 11.6 Å². The van der Waals surface area contributed by atoms with Crippen LogP contribution < -0.4 is 10.9 Å². The van der Waals surface area contributed by atoms with Crippen molar-refractivity contribution in [2.24, 2.45) is 0 Å². The number of halogens is 3. The summed E-state index contributed by atoms with van der Waals surface area (Å²) in [6.45, 7) is -0.330. The third-order valence-electron chi connectivity index (χ3n) is 4.53. The molecule has 0 aliphatic heterocycles. The zero-order valence-electron chi connectivity index (χ0n) is 16.5. The van der Waals surface area contributed by atoms with Gasteiger partial charge in [-0.25, -0.2) is 9.36 Å². The average Bonchev–Trinajstić information content (AvgIpc) is 3.27. The summed E-state index contributed by atoms with van der Waals surface area (Å²) in [5, 5.41) is 10.6. The molecule has 0 radical (unpaired) electrons. The summed E-state index contributed by atoms with van der Waals surface area (Å²) < 4.78 is 40.5. The lowest BCUT2D eigenvalue weighted by molar-refractivity contribution is -0.137. The molecule has 4 aromatic rings. The Morgan fingerprint density at radius 2 is 1.78 bits per heavy atom. The van der Waals surface area contributed by atoms with Gasteiger partial charge in [0.15, 0.2) is 0 Å². The van der Waals surface area contributed by atoms with Crippen LogP contribution in [0.25, 0.3) is 16.9 Å². The SMILES string of the molecule is O=C(Cn1nc(-c2ccccc2)ccc1=O)Nc1cccc(-n2cc(C(F)(F)F)cn2)c1. The van der Waals surface area contributed by atoms with E-state index in [2.05, 4.69) is 15.5 Å². The molecule has 0 bridgehead atoms. The Bertz CT molecular complexity index is 1310. The number of benzene rings is 2. The van der Waals surface area contributed by atoms with Crippen LogP contribution >= 0.6 is 0 Å². The van der Waals surface area contributed by atoms with E-state index in [1.807, 2.05) is 30.3 Å². The van der Waals surface area contributed by atoms with Crippen molar-refractivity contribution in [1.82, 2.24) is 19.6 Å². The summed E-state index contributed by atoms with van der Waals surface area (Å²) in [6, 6.07) is 18.3. The lowest BCUT2D eigenvalue weighted by Gasteiger charge is -2.10. The second-order valence-corrected chi connectivity index (χ2v) is 6.85. The highest BCUT2D eigenvalue weighted by Gasteiger charge is 2.32. The molecule has 2 aromatic carbocycles. The molecule has 0 saturated carbocycles. The van der Waals surface area contributed by atoms with E-state index in [1.165, 1.54) is 12.1 Å². The van der Waals surface area contributed by atoms with Gasteiger partial charge in [0.05, 0.1) is 23.1 Å². The number of carbonyl (C=O) groups is 1. The third kappa shape index (κ3) is 4.75. The topological polar surface area (TPSA) is 81.8 Å². The van der Waals surface area contributed by atoms with Crippen molar-refractivity contribution < 1.29 is 18.0 Å². The van der Waals surface area contributed by atoms with Gasteiger partial charge in [0.25, 0.3) is 5.56 Å². The molecule has 4 rings (SSSR count). The van der Waals surface area contributed by atoms with Crippen molar-refractivity contribution in [3.05, 3.63) is 95.0 Å². The second kappa shape index (κ2) is 8.50. The number of hydrogen-bond acceptors (Lipinski definition) is 4. The van der Waals surface area contributed by atoms with Crippen LogP contribution in [0.1, 0.15) is 5.56 Å². The number of nitrogens with zero attached hydrogens (tertiary/aromatic N) is 4. The first-order chi connectivity index (χ1) is 15.3. The number of nitrogens with one attached hydrogen (secondary N) is 1. The van der Waals surface area contributed by atoms with E-state index < -0.39 is 23.2 Å². The summed E-state index contributed by atoms with van der Waals surface area (Å²) >= 11 is 0. The Morgan fingerprint density at radius 3 is 2.50 bits per heavy atom. The Hall–Kier alpha value is -4.21. The molecule has 32 heavy (non-hydrogen) atoms. The Balaban J connectivity index is 1.50. The van der Waals surface area contributed by atoms with E-state index in [4.69, 9.17) is 0 Å². The standard InChI is InChI=1S/C22H16F3N5O2/c23-22(24,25)16-12-26-29(13-16)18-8-4-7-17(11-18)27-20(31)14-30-21(32)10-9-19(28-30)15-5-2-1-3-6-15/h1-13H,14H2,(H,27,31). The molecule has 2 heterocycles. The van der Waals surface area contributed by atoms with Gasteiger partial charge in [-0.3, -0.25) is 9.59 Å². The highest BCUT2D eigenvalue weighted by molar-refractivity contribution is 5.90. The van der Waals surface area contributed by atoms with Gasteiger partial charge >= 0.3 is 6.18 Å². The molecule has 1 amide bonds. The first kappa shape index (κ1) is 21.0. The number of aromatic nitrogens is 4. The van der Waals surface area contributed by atoms with Crippen LogP contribution in [-0.2, 0) is 17.5 Å². The zero-order chi connectivity index (χ0) is 22.7. The summed E-state index contributed by atoms with van der Waals surface area (Å²) in [5.74, 6) is -0.515. The molecule has 1 N–H and O–H groups in total. The summed E-state index contributed by atoms with van der Waals surface area (Å²) in [6.07, 6.45) is -2.92. The minimum absolute atomic E-state index is 0.330. The van der Waals surface area contributed by atoms with Gasteiger partial charge in [0.1, 0.15) is 6.54 Å². The number of hydrogen-bond donors (Lipinski definition) is 1. The van der Waals surface area contributed by atoms with Crippen LogP contribution in [-0.4, -0.2) is 25.5 Å². The molecular weight excluding hydrogens is 423 g/mol. The number of rotatable bonds is 5. The minimum atomic E-state index is -4.50. The molecule has 10 heteroatoms. The summed E-state index contributed by atoms with van der Waals surface area (Å²) in [4.78, 5) is 24.6. The van der Waals surface area contributed by atoms with Gasteiger partial charge in [-0.2, -0.15) is 23.4 Å². The minimum Gasteiger partial charge on any atom is -0.324 e. The van der Waals surface area contributed by atoms with Crippen LogP contribution in [0.2, 0.25) is 0 Å². The number of amides is 1. The Labute approximate surface area is 179 Å². The van der Waals surface area contributed by atoms with Gasteiger partial charge in [0.2, 0.25) is 5.91 Å². The number of alkyl halides is 3. The van der Waals surface area contributed by atoms with E-state index in [1.54, 1.807) is 24.3 Å². The van der Waals surface area contributed by atoms with Gasteiger partial charge in [-0.15, -0.1) is 0 Å². The Morgan fingerprint density at radius 1 is 1.00 bits per heavy atom. The van der Waals surface area contributed by atoms with Gasteiger partial charge in [0, 0.05) is 23.5 Å².